The van der Waals surface area contributed by atoms with E-state index in [1.54, 1.807) is 0 Å². The van der Waals surface area contributed by atoms with Gasteiger partial charge in [0.2, 0.25) is 0 Å². The largest absolute Gasteiger partial charge is 4.00 e. The van der Waals surface area contributed by atoms with Crippen molar-refractivity contribution in [2.45, 2.75) is 113 Å². The van der Waals surface area contributed by atoms with E-state index in [9.17, 15) is 0 Å². The molecule has 0 unspecified atom stereocenters. The molecule has 0 aliphatic heterocycles. The van der Waals surface area contributed by atoms with Crippen molar-refractivity contribution >= 4 is 11.1 Å². The topological polar surface area (TPSA) is 0 Å². The number of hydrogen-bond donors (Lipinski definition) is 0. The maximum atomic E-state index is 3.85. The summed E-state index contributed by atoms with van der Waals surface area (Å²) in [6.45, 7) is 30.0. The molecule has 0 aromatic heterocycles. The third-order valence-electron chi connectivity index (χ3n) is 9.11. The molecule has 0 atom stereocenters. The zero-order chi connectivity index (χ0) is 29.6. The summed E-state index contributed by atoms with van der Waals surface area (Å²) in [5.74, 6) is 0. The molecule has 3 heteroatoms. The van der Waals surface area contributed by atoms with Crippen molar-refractivity contribution in [3.05, 3.63) is 99.6 Å². The van der Waals surface area contributed by atoms with Crippen LogP contribution in [-0.4, -0.2) is 0 Å². The van der Waals surface area contributed by atoms with Gasteiger partial charge < -0.3 is 24.8 Å². The molecule has 0 radical (unpaired) electrons. The first-order valence-corrected chi connectivity index (χ1v) is 15.2. The number of halogens is 2. The fourth-order valence-corrected chi connectivity index (χ4v) is 6.82. The van der Waals surface area contributed by atoms with Gasteiger partial charge in [0, 0.05) is 5.41 Å². The van der Waals surface area contributed by atoms with Gasteiger partial charge in [-0.15, -0.1) is 11.6 Å². The van der Waals surface area contributed by atoms with Crippen LogP contribution in [0.1, 0.15) is 129 Å². The van der Waals surface area contributed by atoms with Crippen molar-refractivity contribution in [1.29, 1.82) is 0 Å². The van der Waals surface area contributed by atoms with Crippen LogP contribution in [0.3, 0.4) is 0 Å². The molecule has 228 valence electrons. The summed E-state index contributed by atoms with van der Waals surface area (Å²) in [7, 11) is 0. The second-order valence-corrected chi connectivity index (χ2v) is 16.6. The number of hydrogen-bond acceptors (Lipinski definition) is 0. The molecule has 0 fully saturated rings. The van der Waals surface area contributed by atoms with Gasteiger partial charge in [-0.1, -0.05) is 119 Å². The molecule has 3 aliphatic carbocycles. The fourth-order valence-electron chi connectivity index (χ4n) is 6.82. The van der Waals surface area contributed by atoms with Crippen molar-refractivity contribution in [1.82, 2.24) is 0 Å². The zero-order valence-corrected chi connectivity index (χ0v) is 32.6. The summed E-state index contributed by atoms with van der Waals surface area (Å²) in [4.78, 5) is 0. The first-order valence-electron chi connectivity index (χ1n) is 15.2. The summed E-state index contributed by atoms with van der Waals surface area (Å²) < 4.78 is 0. The van der Waals surface area contributed by atoms with Crippen molar-refractivity contribution in [2.75, 3.05) is 0 Å². The molecule has 0 spiro atoms. The Balaban J connectivity index is 0.000000467. The van der Waals surface area contributed by atoms with Gasteiger partial charge in [-0.05, 0) is 62.3 Å². The maximum absolute atomic E-state index is 3.85. The van der Waals surface area contributed by atoms with Gasteiger partial charge in [0.25, 0.3) is 0 Å². The minimum Gasteiger partial charge on any atom is -1.00 e. The van der Waals surface area contributed by atoms with Crippen LogP contribution in [0.4, 0.5) is 0 Å². The number of rotatable bonds is 0. The third kappa shape index (κ3) is 6.96. The van der Waals surface area contributed by atoms with Crippen LogP contribution in [0.5, 0.6) is 0 Å². The van der Waals surface area contributed by atoms with Gasteiger partial charge in [-0.25, -0.2) is 11.6 Å². The molecule has 0 nitrogen and oxygen atoms in total. The van der Waals surface area contributed by atoms with Crippen LogP contribution >= 0.6 is 0 Å². The Bertz CT molecular complexity index is 1440. The number of fused-ring (bicyclic) bond motifs is 5. The zero-order valence-electron chi connectivity index (χ0n) is 28.7. The van der Waals surface area contributed by atoms with Crippen LogP contribution in [0, 0.1) is 16.9 Å². The molecule has 43 heavy (non-hydrogen) atoms. The van der Waals surface area contributed by atoms with Gasteiger partial charge in [0.05, 0.1) is 0 Å². The second kappa shape index (κ2) is 12.2. The van der Waals surface area contributed by atoms with E-state index < -0.39 is 0 Å². The van der Waals surface area contributed by atoms with Crippen LogP contribution < -0.4 is 24.8 Å². The van der Waals surface area contributed by atoms with Gasteiger partial charge in [-0.2, -0.15) is 29.3 Å². The molecule has 3 aromatic carbocycles. The first kappa shape index (κ1) is 37.9. The number of benzene rings is 2. The predicted molar refractivity (Wildman–Crippen MR) is 175 cm³/mol. The van der Waals surface area contributed by atoms with E-state index in [-0.39, 0.29) is 72.7 Å². The molecule has 0 saturated heterocycles. The molecule has 3 aromatic rings. The van der Waals surface area contributed by atoms with E-state index >= 15 is 0 Å². The quantitative estimate of drug-likeness (QED) is 0.222. The minimum absolute atomic E-state index is 0. The van der Waals surface area contributed by atoms with Gasteiger partial charge in [0.15, 0.2) is 0 Å². The first-order chi connectivity index (χ1) is 18.2. The van der Waals surface area contributed by atoms with Crippen molar-refractivity contribution < 1.29 is 51.0 Å². The van der Waals surface area contributed by atoms with Crippen LogP contribution in [-0.2, 0) is 48.9 Å². The molecule has 6 rings (SSSR count). The Morgan fingerprint density at radius 1 is 0.674 bits per heavy atom. The Labute approximate surface area is 294 Å². The summed E-state index contributed by atoms with van der Waals surface area (Å²) in [5, 5.41) is 0. The third-order valence-corrected chi connectivity index (χ3v) is 9.11. The Morgan fingerprint density at radius 3 is 1.65 bits per heavy atom. The van der Waals surface area contributed by atoms with E-state index in [0.29, 0.717) is 5.41 Å². The smallest absolute Gasteiger partial charge is 1.00 e. The van der Waals surface area contributed by atoms with E-state index in [1.807, 2.05) is 0 Å². The average Bonchev–Trinajstić information content (AvgIpc) is 3.55. The van der Waals surface area contributed by atoms with Gasteiger partial charge in [0.1, 0.15) is 0 Å². The fraction of sp³-hybridized carbons (Fsp3) is 0.475. The average molecular weight is 693 g/mol. The Kier molecular flexibility index (Phi) is 10.7. The molecular weight excluding hydrogens is 643 g/mol. The normalized spacial score (nSPS) is 17.0. The maximum Gasteiger partial charge on any atom is 4.00 e. The van der Waals surface area contributed by atoms with Gasteiger partial charge >= 0.3 is 26.2 Å². The summed E-state index contributed by atoms with van der Waals surface area (Å²) >= 11 is 0. The van der Waals surface area contributed by atoms with Crippen molar-refractivity contribution in [3.63, 3.8) is 0 Å². The molecule has 0 bridgehead atoms. The van der Waals surface area contributed by atoms with Crippen molar-refractivity contribution in [3.8, 4) is 11.1 Å². The van der Waals surface area contributed by atoms with Gasteiger partial charge in [-0.3, -0.25) is 6.08 Å². The van der Waals surface area contributed by atoms with Crippen LogP contribution in [0.2, 0.25) is 0 Å². The monoisotopic (exact) mass is 690 g/mol. The number of allylic oxidation sites excluding steroid dienone is 4. The Morgan fingerprint density at radius 2 is 1.21 bits per heavy atom. The molecule has 0 heterocycles. The van der Waals surface area contributed by atoms with E-state index in [4.69, 9.17) is 0 Å². The summed E-state index contributed by atoms with van der Waals surface area (Å²) in [5.41, 5.74) is 16.6. The van der Waals surface area contributed by atoms with Crippen LogP contribution in [0.15, 0.2) is 54.6 Å². The minimum atomic E-state index is -0.0202. The SMILES string of the molecule is CC(C)(C)C1=[C-]C(C)(C)c2cc3c(cc21)-c1cc2c(cc1C3)C(C)(C)C=C2C(C)(C)C.CC(C)(C)c1cc[cH-]c1.[Cl-].[Cl-].[Zr+4]. The van der Waals surface area contributed by atoms with E-state index in [0.717, 1.165) is 6.42 Å². The van der Waals surface area contributed by atoms with Crippen LogP contribution in [0.25, 0.3) is 22.3 Å². The second-order valence-electron chi connectivity index (χ2n) is 16.6. The van der Waals surface area contributed by atoms with E-state index in [2.05, 4.69) is 151 Å². The molecular formula is C40H50Cl2Zr. The molecule has 0 N–H and O–H groups in total. The van der Waals surface area contributed by atoms with Crippen molar-refractivity contribution in [2.24, 2.45) is 10.8 Å². The molecule has 0 saturated carbocycles. The summed E-state index contributed by atoms with van der Waals surface area (Å²) in [6.07, 6.45) is 7.41. The summed E-state index contributed by atoms with van der Waals surface area (Å²) in [6, 6.07) is 18.5. The standard InChI is InChI=1S/C31H37.C9H13.2ClH.Zr/c1-28(2,3)26-16-30(7,8)24-12-18-11-19-13-25-23(15-21(19)20(18)14-22(24)26)27(29(4,5)6)17-31(25,9)10;1-9(2,3)8-6-4-5-7-8;;;/h12-16H,11H2,1-10H3;4-7H,1-3H3;2*1H;/q2*-1;;;+4/p-2. The van der Waals surface area contributed by atoms with E-state index in [1.165, 1.54) is 61.2 Å². The molecule has 3 aliphatic rings. The predicted octanol–water partition coefficient (Wildman–Crippen LogP) is 5.21. The molecule has 0 amide bonds. The Hall–Kier alpha value is -1.27.